The van der Waals surface area contributed by atoms with Crippen LogP contribution in [0.1, 0.15) is 32.3 Å². The van der Waals surface area contributed by atoms with Crippen LogP contribution in [-0.2, 0) is 6.54 Å². The number of nitrogens with zero attached hydrogens (tertiary/aromatic N) is 3. The van der Waals surface area contributed by atoms with Gasteiger partial charge in [-0.3, -0.25) is 9.89 Å². The van der Waals surface area contributed by atoms with Gasteiger partial charge in [-0.05, 0) is 44.5 Å². The van der Waals surface area contributed by atoms with Crippen molar-refractivity contribution in [2.75, 3.05) is 54.5 Å². The first-order valence-electron chi connectivity index (χ1n) is 10.6. The SMILES string of the molecule is CCC(C)N(C)CCNC(=NC)NC1CCN(Cc2cc(OC)cc(OC)c2)C1. The van der Waals surface area contributed by atoms with Gasteiger partial charge in [0.2, 0.25) is 0 Å². The maximum Gasteiger partial charge on any atom is 0.191 e. The van der Waals surface area contributed by atoms with Crippen molar-refractivity contribution >= 4 is 5.96 Å². The molecule has 1 aliphatic rings. The van der Waals surface area contributed by atoms with Gasteiger partial charge in [-0.25, -0.2) is 0 Å². The molecule has 1 fully saturated rings. The van der Waals surface area contributed by atoms with E-state index >= 15 is 0 Å². The maximum absolute atomic E-state index is 5.39. The van der Waals surface area contributed by atoms with E-state index in [4.69, 9.17) is 9.47 Å². The summed E-state index contributed by atoms with van der Waals surface area (Å²) in [5, 5.41) is 7.02. The third-order valence-electron chi connectivity index (χ3n) is 5.75. The molecule has 0 bridgehead atoms. The molecule has 2 unspecified atom stereocenters. The molecule has 29 heavy (non-hydrogen) atoms. The Morgan fingerprint density at radius 1 is 1.28 bits per heavy atom. The van der Waals surface area contributed by atoms with Crippen molar-refractivity contribution < 1.29 is 9.47 Å². The van der Waals surface area contributed by atoms with Crippen molar-refractivity contribution in [1.82, 2.24) is 20.4 Å². The van der Waals surface area contributed by atoms with E-state index in [2.05, 4.69) is 58.5 Å². The van der Waals surface area contributed by atoms with Gasteiger partial charge >= 0.3 is 0 Å². The largest absolute Gasteiger partial charge is 0.497 e. The van der Waals surface area contributed by atoms with E-state index in [1.807, 2.05) is 13.1 Å². The summed E-state index contributed by atoms with van der Waals surface area (Å²) in [4.78, 5) is 9.22. The van der Waals surface area contributed by atoms with Gasteiger partial charge in [-0.15, -0.1) is 0 Å². The first-order valence-corrected chi connectivity index (χ1v) is 10.6. The summed E-state index contributed by atoms with van der Waals surface area (Å²) in [5.74, 6) is 2.55. The Hall–Kier alpha value is -1.99. The molecule has 2 atom stereocenters. The zero-order chi connectivity index (χ0) is 21.2. The maximum atomic E-state index is 5.39. The molecule has 0 aromatic heterocycles. The molecule has 164 valence electrons. The number of guanidine groups is 1. The molecule has 2 N–H and O–H groups in total. The molecule has 0 radical (unpaired) electrons. The lowest BCUT2D eigenvalue weighted by molar-refractivity contribution is 0.255. The highest BCUT2D eigenvalue weighted by molar-refractivity contribution is 5.80. The zero-order valence-electron chi connectivity index (χ0n) is 19.0. The van der Waals surface area contributed by atoms with Gasteiger partial charge in [-0.1, -0.05) is 6.92 Å². The van der Waals surface area contributed by atoms with E-state index in [1.54, 1.807) is 14.2 Å². The van der Waals surface area contributed by atoms with Crippen molar-refractivity contribution in [1.29, 1.82) is 0 Å². The van der Waals surface area contributed by atoms with Crippen LogP contribution in [0.2, 0.25) is 0 Å². The Labute approximate surface area is 176 Å². The minimum absolute atomic E-state index is 0.404. The van der Waals surface area contributed by atoms with Crippen LogP contribution in [0, 0.1) is 0 Å². The molecule has 1 saturated heterocycles. The van der Waals surface area contributed by atoms with Crippen molar-refractivity contribution in [3.8, 4) is 11.5 Å². The number of methoxy groups -OCH3 is 2. The van der Waals surface area contributed by atoms with Gasteiger partial charge in [0.15, 0.2) is 5.96 Å². The van der Waals surface area contributed by atoms with Crippen LogP contribution in [-0.4, -0.2) is 82.3 Å². The van der Waals surface area contributed by atoms with Crippen molar-refractivity contribution in [2.45, 2.75) is 45.3 Å². The molecule has 7 heteroatoms. The number of hydrogen-bond donors (Lipinski definition) is 2. The second kappa shape index (κ2) is 11.9. The lowest BCUT2D eigenvalue weighted by Crippen LogP contribution is -2.46. The van der Waals surface area contributed by atoms with E-state index in [9.17, 15) is 0 Å². The van der Waals surface area contributed by atoms with Gasteiger partial charge in [0.25, 0.3) is 0 Å². The van der Waals surface area contributed by atoms with Gasteiger partial charge in [0.05, 0.1) is 14.2 Å². The second-order valence-electron chi connectivity index (χ2n) is 7.82. The van der Waals surface area contributed by atoms with Crippen LogP contribution in [0.4, 0.5) is 0 Å². The summed E-state index contributed by atoms with van der Waals surface area (Å²) in [5.41, 5.74) is 1.21. The molecule has 0 aliphatic carbocycles. The van der Waals surface area contributed by atoms with Gasteiger partial charge in [-0.2, -0.15) is 0 Å². The number of aliphatic imine (C=N–C) groups is 1. The molecule has 1 aromatic rings. The Balaban J connectivity index is 1.80. The lowest BCUT2D eigenvalue weighted by atomic mass is 10.2. The quantitative estimate of drug-likeness (QED) is 0.460. The summed E-state index contributed by atoms with van der Waals surface area (Å²) >= 11 is 0. The monoisotopic (exact) mass is 405 g/mol. The molecule has 1 aliphatic heterocycles. The number of ether oxygens (including phenoxy) is 2. The fraction of sp³-hybridized carbons (Fsp3) is 0.682. The molecule has 0 saturated carbocycles. The molecule has 1 heterocycles. The lowest BCUT2D eigenvalue weighted by Gasteiger charge is -2.24. The molecular weight excluding hydrogens is 366 g/mol. The zero-order valence-corrected chi connectivity index (χ0v) is 19.0. The van der Waals surface area contributed by atoms with Crippen LogP contribution < -0.4 is 20.1 Å². The standard InChI is InChI=1S/C22H39N5O2/c1-7-17(2)26(4)11-9-24-22(23-3)25-19-8-10-27(16-19)15-18-12-20(28-5)14-21(13-18)29-6/h12-14,17,19H,7-11,15-16H2,1-6H3,(H2,23,24,25). The van der Waals surface area contributed by atoms with E-state index in [0.29, 0.717) is 12.1 Å². The van der Waals surface area contributed by atoms with Crippen molar-refractivity contribution in [2.24, 2.45) is 4.99 Å². The summed E-state index contributed by atoms with van der Waals surface area (Å²) in [6.07, 6.45) is 2.27. The third-order valence-corrected chi connectivity index (χ3v) is 5.75. The molecule has 7 nitrogen and oxygen atoms in total. The summed E-state index contributed by atoms with van der Waals surface area (Å²) in [6, 6.07) is 7.08. The number of likely N-dealkylation sites (tertiary alicyclic amines) is 1. The van der Waals surface area contributed by atoms with Crippen LogP contribution >= 0.6 is 0 Å². The highest BCUT2D eigenvalue weighted by Crippen LogP contribution is 2.24. The fourth-order valence-corrected chi connectivity index (χ4v) is 3.58. The van der Waals surface area contributed by atoms with Gasteiger partial charge in [0.1, 0.15) is 11.5 Å². The number of benzene rings is 1. The second-order valence-corrected chi connectivity index (χ2v) is 7.82. The minimum Gasteiger partial charge on any atom is -0.497 e. The average Bonchev–Trinajstić information content (AvgIpc) is 3.18. The Bertz CT molecular complexity index is 630. The molecule has 1 aromatic carbocycles. The number of rotatable bonds is 10. The van der Waals surface area contributed by atoms with Crippen molar-refractivity contribution in [3.63, 3.8) is 0 Å². The minimum atomic E-state index is 0.404. The number of hydrogen-bond acceptors (Lipinski definition) is 5. The molecule has 0 amide bonds. The molecule has 0 spiro atoms. The van der Waals surface area contributed by atoms with Gasteiger partial charge < -0.3 is 25.0 Å². The third kappa shape index (κ3) is 7.40. The van der Waals surface area contributed by atoms with E-state index in [1.165, 1.54) is 12.0 Å². The summed E-state index contributed by atoms with van der Waals surface area (Å²) in [6.45, 7) is 9.32. The summed E-state index contributed by atoms with van der Waals surface area (Å²) < 4.78 is 10.8. The van der Waals surface area contributed by atoms with Crippen molar-refractivity contribution in [3.05, 3.63) is 23.8 Å². The highest BCUT2D eigenvalue weighted by atomic mass is 16.5. The van der Waals surface area contributed by atoms with E-state index in [-0.39, 0.29) is 0 Å². The summed E-state index contributed by atoms with van der Waals surface area (Å²) in [7, 11) is 7.39. The van der Waals surface area contributed by atoms with E-state index < -0.39 is 0 Å². The number of likely N-dealkylation sites (N-methyl/N-ethyl adjacent to an activating group) is 1. The topological polar surface area (TPSA) is 61.4 Å². The Kier molecular flexibility index (Phi) is 9.54. The Morgan fingerprint density at radius 3 is 2.55 bits per heavy atom. The first kappa shape index (κ1) is 23.3. The van der Waals surface area contributed by atoms with Crippen LogP contribution in [0.3, 0.4) is 0 Å². The van der Waals surface area contributed by atoms with Crippen LogP contribution in [0.5, 0.6) is 11.5 Å². The van der Waals surface area contributed by atoms with E-state index in [0.717, 1.165) is 56.6 Å². The molecule has 2 rings (SSSR count). The molecular formula is C22H39N5O2. The average molecular weight is 406 g/mol. The highest BCUT2D eigenvalue weighted by Gasteiger charge is 2.23. The normalized spacial score (nSPS) is 18.7. The number of nitrogens with one attached hydrogen (secondary N) is 2. The van der Waals surface area contributed by atoms with Gasteiger partial charge in [0, 0.05) is 57.9 Å². The first-order chi connectivity index (χ1) is 14.0. The van der Waals surface area contributed by atoms with Crippen LogP contribution in [0.15, 0.2) is 23.2 Å². The predicted molar refractivity (Wildman–Crippen MR) is 120 cm³/mol. The fourth-order valence-electron chi connectivity index (χ4n) is 3.58. The predicted octanol–water partition coefficient (Wildman–Crippen LogP) is 2.17. The van der Waals surface area contributed by atoms with Crippen LogP contribution in [0.25, 0.3) is 0 Å². The smallest absolute Gasteiger partial charge is 0.191 e. The Morgan fingerprint density at radius 2 is 1.97 bits per heavy atom.